The number of hydrogen-bond acceptors (Lipinski definition) is 3. The minimum absolute atomic E-state index is 0.0364. The van der Waals surface area contributed by atoms with Crippen molar-refractivity contribution >= 4 is 34.5 Å². The molecule has 8 rings (SSSR count). The SMILES string of the molecule is Cc1cc(N(c2ccc(C(C)(C)C)cc2)c2ccc(C(C)(C)C)cc2)cc(N(C2CSc3cc4c(cc32)C(C)(C)CCC4(C)C)C2C=CC(C(C)(C)C)=C[C@H]2c2ccccc2)c1. The standard InChI is InChI=1S/C59H72N2S/c1-39-32-46(60(44-25-20-41(21-26-44)55(2,3)4)45-27-22-42(23-28-45)56(5,6)7)35-47(33-39)61(52-29-24-43(57(8,9)10)34-48(52)40-18-16-15-17-19-40)53-38-62-54-37-51-50(36-49(53)54)58(11,12)30-31-59(51,13)14/h15-29,32-37,48,52-53H,30-31,38H2,1-14H3/t48-,52?,53?/m0/s1. The van der Waals surface area contributed by atoms with Crippen LogP contribution >= 0.6 is 11.8 Å². The normalized spacial score (nSPS) is 20.6. The van der Waals surface area contributed by atoms with Gasteiger partial charge in [-0.05, 0) is 140 Å². The molecule has 0 fully saturated rings. The molecule has 0 spiro atoms. The maximum Gasteiger partial charge on any atom is 0.0654 e. The molecule has 62 heavy (non-hydrogen) atoms. The average Bonchev–Trinajstić information content (AvgIpc) is 3.62. The summed E-state index contributed by atoms with van der Waals surface area (Å²) in [5, 5.41) is 0. The number of hydrogen-bond donors (Lipinski definition) is 0. The Kier molecular flexibility index (Phi) is 11.4. The van der Waals surface area contributed by atoms with E-state index in [9.17, 15) is 0 Å². The van der Waals surface area contributed by atoms with Gasteiger partial charge < -0.3 is 9.80 Å². The smallest absolute Gasteiger partial charge is 0.0654 e. The maximum atomic E-state index is 2.83. The molecule has 2 nitrogen and oxygen atoms in total. The Hall–Kier alpha value is -4.47. The van der Waals surface area contributed by atoms with Crippen molar-refractivity contribution in [3.63, 3.8) is 0 Å². The first-order valence-corrected chi connectivity index (χ1v) is 24.2. The Balaban J connectivity index is 1.34. The summed E-state index contributed by atoms with van der Waals surface area (Å²) in [6.07, 6.45) is 10.0. The summed E-state index contributed by atoms with van der Waals surface area (Å²) in [5.74, 6) is 1.18. The van der Waals surface area contributed by atoms with Crippen LogP contribution < -0.4 is 9.80 Å². The van der Waals surface area contributed by atoms with Gasteiger partial charge in [0.1, 0.15) is 0 Å². The Morgan fingerprint density at radius 2 is 1.11 bits per heavy atom. The molecule has 3 heteroatoms. The molecule has 3 aliphatic rings. The van der Waals surface area contributed by atoms with E-state index in [0.717, 1.165) is 5.75 Å². The van der Waals surface area contributed by atoms with Crippen molar-refractivity contribution in [2.24, 2.45) is 5.41 Å². The molecule has 0 amide bonds. The Morgan fingerprint density at radius 1 is 0.581 bits per heavy atom. The molecule has 0 radical (unpaired) electrons. The van der Waals surface area contributed by atoms with E-state index >= 15 is 0 Å². The highest BCUT2D eigenvalue weighted by atomic mass is 32.2. The fourth-order valence-electron chi connectivity index (χ4n) is 10.1. The summed E-state index contributed by atoms with van der Waals surface area (Å²) in [5.41, 5.74) is 16.5. The average molecular weight is 841 g/mol. The zero-order valence-electron chi connectivity index (χ0n) is 40.3. The monoisotopic (exact) mass is 841 g/mol. The van der Waals surface area contributed by atoms with Gasteiger partial charge in [-0.2, -0.15) is 0 Å². The quantitative estimate of drug-likeness (QED) is 0.161. The van der Waals surface area contributed by atoms with E-state index in [1.54, 1.807) is 11.1 Å². The number of thioether (sulfide) groups is 1. The van der Waals surface area contributed by atoms with E-state index in [4.69, 9.17) is 0 Å². The van der Waals surface area contributed by atoms with Crippen LogP contribution in [0.4, 0.5) is 22.7 Å². The first-order chi connectivity index (χ1) is 29.0. The minimum atomic E-state index is 0.0364. The van der Waals surface area contributed by atoms with Crippen LogP contribution in [-0.4, -0.2) is 11.8 Å². The van der Waals surface area contributed by atoms with Crippen molar-refractivity contribution in [2.75, 3.05) is 15.6 Å². The van der Waals surface area contributed by atoms with Gasteiger partial charge in [0.05, 0.1) is 12.1 Å². The zero-order chi connectivity index (χ0) is 44.6. The lowest BCUT2D eigenvalue weighted by molar-refractivity contribution is 0.330. The number of fused-ring (bicyclic) bond motifs is 2. The number of benzene rings is 5. The third-order valence-electron chi connectivity index (χ3n) is 14.2. The second kappa shape index (κ2) is 16.0. The largest absolute Gasteiger partial charge is 0.356 e. The fraction of sp³-hybridized carbons (Fsp3) is 0.424. The maximum absolute atomic E-state index is 2.83. The van der Waals surface area contributed by atoms with Crippen LogP contribution in [0, 0.1) is 12.3 Å². The molecule has 324 valence electrons. The molecule has 1 heterocycles. The molecular formula is C59H72N2S. The molecule has 2 unspecified atom stereocenters. The van der Waals surface area contributed by atoms with Crippen LogP contribution in [0.2, 0.25) is 0 Å². The van der Waals surface area contributed by atoms with Crippen LogP contribution in [0.3, 0.4) is 0 Å². The van der Waals surface area contributed by atoms with E-state index in [2.05, 4.69) is 246 Å². The van der Waals surface area contributed by atoms with Crippen molar-refractivity contribution < 1.29 is 0 Å². The lowest BCUT2D eigenvalue weighted by Gasteiger charge is -2.45. The van der Waals surface area contributed by atoms with Gasteiger partial charge in [-0.1, -0.05) is 169 Å². The molecule has 0 saturated heterocycles. The predicted molar refractivity (Wildman–Crippen MR) is 271 cm³/mol. The highest BCUT2D eigenvalue weighted by molar-refractivity contribution is 7.99. The van der Waals surface area contributed by atoms with Crippen LogP contribution in [0.15, 0.2) is 138 Å². The van der Waals surface area contributed by atoms with E-state index in [-0.39, 0.29) is 45.1 Å². The Bertz CT molecular complexity index is 2420. The van der Waals surface area contributed by atoms with Crippen LogP contribution in [-0.2, 0) is 21.7 Å². The number of nitrogens with zero attached hydrogens (tertiary/aromatic N) is 2. The van der Waals surface area contributed by atoms with Gasteiger partial charge in [0, 0.05) is 39.3 Å². The van der Waals surface area contributed by atoms with E-state index in [1.807, 2.05) is 0 Å². The van der Waals surface area contributed by atoms with E-state index in [1.165, 1.54) is 73.9 Å². The van der Waals surface area contributed by atoms with Crippen LogP contribution in [0.5, 0.6) is 0 Å². The summed E-state index contributed by atoms with van der Waals surface area (Å²) in [4.78, 5) is 6.77. The number of aryl methyl sites for hydroxylation is 1. The van der Waals surface area contributed by atoms with Gasteiger partial charge in [0.15, 0.2) is 0 Å². The lowest BCUT2D eigenvalue weighted by Crippen LogP contribution is -2.43. The number of allylic oxidation sites excluding steroid dienone is 2. The summed E-state index contributed by atoms with van der Waals surface area (Å²) in [7, 11) is 0. The highest BCUT2D eigenvalue weighted by Gasteiger charge is 2.42. The van der Waals surface area contributed by atoms with Crippen molar-refractivity contribution in [2.45, 2.75) is 154 Å². The van der Waals surface area contributed by atoms with Gasteiger partial charge >= 0.3 is 0 Å². The topological polar surface area (TPSA) is 6.48 Å². The van der Waals surface area contributed by atoms with E-state index < -0.39 is 0 Å². The van der Waals surface area contributed by atoms with Gasteiger partial charge in [-0.3, -0.25) is 0 Å². The summed E-state index contributed by atoms with van der Waals surface area (Å²) in [6, 6.07) is 42.7. The summed E-state index contributed by atoms with van der Waals surface area (Å²) < 4.78 is 0. The van der Waals surface area contributed by atoms with Gasteiger partial charge in [0.2, 0.25) is 0 Å². The molecular weight excluding hydrogens is 769 g/mol. The van der Waals surface area contributed by atoms with Crippen LogP contribution in [0.25, 0.3) is 0 Å². The fourth-order valence-corrected chi connectivity index (χ4v) is 11.4. The van der Waals surface area contributed by atoms with Gasteiger partial charge in [-0.25, -0.2) is 0 Å². The second-order valence-electron chi connectivity index (χ2n) is 23.1. The molecule has 1 aliphatic heterocycles. The zero-order valence-corrected chi connectivity index (χ0v) is 41.1. The van der Waals surface area contributed by atoms with Crippen molar-refractivity contribution in [1.82, 2.24) is 0 Å². The van der Waals surface area contributed by atoms with Gasteiger partial charge in [-0.15, -0.1) is 11.8 Å². The third kappa shape index (κ3) is 8.60. The van der Waals surface area contributed by atoms with Crippen molar-refractivity contribution in [3.05, 3.63) is 172 Å². The predicted octanol–water partition coefficient (Wildman–Crippen LogP) is 16.8. The Morgan fingerprint density at radius 3 is 1.65 bits per heavy atom. The third-order valence-corrected chi connectivity index (χ3v) is 15.4. The molecule has 3 atom stereocenters. The second-order valence-corrected chi connectivity index (χ2v) is 24.1. The minimum Gasteiger partial charge on any atom is -0.356 e. The summed E-state index contributed by atoms with van der Waals surface area (Å²) >= 11 is 2.06. The molecule has 0 bridgehead atoms. The number of anilines is 4. The van der Waals surface area contributed by atoms with Crippen LogP contribution in [0.1, 0.15) is 154 Å². The van der Waals surface area contributed by atoms with Crippen molar-refractivity contribution in [1.29, 1.82) is 0 Å². The first-order valence-electron chi connectivity index (χ1n) is 23.2. The summed E-state index contributed by atoms with van der Waals surface area (Å²) in [6.45, 7) is 33.0. The first kappa shape index (κ1) is 44.1. The van der Waals surface area contributed by atoms with Crippen molar-refractivity contribution in [3.8, 4) is 0 Å². The molecule has 0 saturated carbocycles. The lowest BCUT2D eigenvalue weighted by atomic mass is 9.63. The molecule has 0 N–H and O–H groups in total. The molecule has 0 aromatic heterocycles. The van der Waals surface area contributed by atoms with Gasteiger partial charge in [0.25, 0.3) is 0 Å². The molecule has 5 aromatic carbocycles. The highest BCUT2D eigenvalue weighted by Crippen LogP contribution is 2.54. The van der Waals surface area contributed by atoms with E-state index in [0.29, 0.717) is 0 Å². The molecule has 5 aromatic rings. The number of rotatable bonds is 7. The Labute approximate surface area is 379 Å². The molecule has 2 aliphatic carbocycles.